The van der Waals surface area contributed by atoms with Crippen LogP contribution in [-0.2, 0) is 4.79 Å². The lowest BCUT2D eigenvalue weighted by Crippen LogP contribution is -2.41. The van der Waals surface area contributed by atoms with Crippen molar-refractivity contribution in [1.82, 2.24) is 4.98 Å². The number of halogens is 1. The summed E-state index contributed by atoms with van der Waals surface area (Å²) in [4.78, 5) is 17.6. The molecule has 1 aromatic heterocycles. The Bertz CT molecular complexity index is 395. The van der Waals surface area contributed by atoms with Gasteiger partial charge >= 0.3 is 0 Å². The van der Waals surface area contributed by atoms with Crippen molar-refractivity contribution in [3.8, 4) is 0 Å². The maximum atomic E-state index is 11.0. The van der Waals surface area contributed by atoms with Crippen molar-refractivity contribution in [2.75, 3.05) is 11.4 Å². The van der Waals surface area contributed by atoms with Crippen LogP contribution in [0.5, 0.6) is 0 Å². The summed E-state index contributed by atoms with van der Waals surface area (Å²) in [5.41, 5.74) is 1.11. The molecule has 86 valence electrons. The van der Waals surface area contributed by atoms with Gasteiger partial charge in [0.2, 0.25) is 0 Å². The number of aryl methyl sites for hydroxylation is 1. The largest absolute Gasteiger partial charge is 0.347 e. The van der Waals surface area contributed by atoms with Crippen LogP contribution in [0.1, 0.15) is 24.8 Å². The summed E-state index contributed by atoms with van der Waals surface area (Å²) in [6, 6.07) is 2.04. The van der Waals surface area contributed by atoms with Crippen molar-refractivity contribution in [2.24, 2.45) is 0 Å². The average Bonchev–Trinajstić information content (AvgIpc) is 2.29. The minimum absolute atomic E-state index is 0.00104. The first-order valence-electron chi connectivity index (χ1n) is 5.56. The Labute approximate surface area is 104 Å². The normalized spacial score (nSPS) is 20.9. The third kappa shape index (κ3) is 2.26. The minimum atomic E-state index is 0.00104. The van der Waals surface area contributed by atoms with Crippen LogP contribution < -0.4 is 4.90 Å². The Morgan fingerprint density at radius 2 is 2.38 bits per heavy atom. The molecular weight excluding hydrogens is 268 g/mol. The van der Waals surface area contributed by atoms with E-state index in [9.17, 15) is 4.79 Å². The molecule has 3 nitrogen and oxygen atoms in total. The Kier molecular flexibility index (Phi) is 3.59. The van der Waals surface area contributed by atoms with E-state index in [0.717, 1.165) is 47.9 Å². The number of pyridine rings is 1. The first-order chi connectivity index (χ1) is 7.72. The van der Waals surface area contributed by atoms with Gasteiger partial charge in [0.05, 0.1) is 6.04 Å². The molecule has 0 bridgehead atoms. The van der Waals surface area contributed by atoms with Crippen LogP contribution in [0.15, 0.2) is 16.7 Å². The Hall–Kier alpha value is -0.900. The number of carbonyl (C=O) groups excluding carboxylic acids is 1. The van der Waals surface area contributed by atoms with Gasteiger partial charge in [0.15, 0.2) is 0 Å². The van der Waals surface area contributed by atoms with Crippen LogP contribution in [0.4, 0.5) is 5.82 Å². The van der Waals surface area contributed by atoms with Crippen molar-refractivity contribution in [3.63, 3.8) is 0 Å². The van der Waals surface area contributed by atoms with Gasteiger partial charge in [0.25, 0.3) is 0 Å². The Balaban J connectivity index is 2.30. The zero-order valence-corrected chi connectivity index (χ0v) is 10.9. The van der Waals surface area contributed by atoms with Crippen LogP contribution in [0.25, 0.3) is 0 Å². The fourth-order valence-corrected chi connectivity index (χ4v) is 2.64. The van der Waals surface area contributed by atoms with Crippen LogP contribution in [0, 0.1) is 6.92 Å². The molecule has 0 N–H and O–H groups in total. The third-order valence-electron chi connectivity index (χ3n) is 3.00. The van der Waals surface area contributed by atoms with E-state index in [1.54, 1.807) is 6.20 Å². The lowest BCUT2D eigenvalue weighted by Gasteiger charge is -2.34. The first-order valence-corrected chi connectivity index (χ1v) is 6.36. The Morgan fingerprint density at radius 3 is 3.06 bits per heavy atom. The molecule has 1 saturated heterocycles. The van der Waals surface area contributed by atoms with Crippen molar-refractivity contribution in [2.45, 2.75) is 32.2 Å². The number of rotatable bonds is 2. The van der Waals surface area contributed by atoms with Crippen LogP contribution in [0.2, 0.25) is 0 Å². The summed E-state index contributed by atoms with van der Waals surface area (Å²) < 4.78 is 0.980. The highest BCUT2D eigenvalue weighted by Gasteiger charge is 2.23. The molecule has 4 heteroatoms. The van der Waals surface area contributed by atoms with Gasteiger partial charge in [0.1, 0.15) is 12.1 Å². The van der Waals surface area contributed by atoms with Crippen molar-refractivity contribution < 1.29 is 4.79 Å². The molecule has 1 unspecified atom stereocenters. The highest BCUT2D eigenvalue weighted by atomic mass is 79.9. The van der Waals surface area contributed by atoms with E-state index in [4.69, 9.17) is 0 Å². The molecule has 1 aliphatic rings. The molecule has 0 amide bonds. The van der Waals surface area contributed by atoms with Crippen LogP contribution in [-0.4, -0.2) is 23.9 Å². The van der Waals surface area contributed by atoms with Crippen molar-refractivity contribution >= 4 is 28.0 Å². The van der Waals surface area contributed by atoms with Crippen molar-refractivity contribution in [3.05, 3.63) is 22.3 Å². The maximum absolute atomic E-state index is 11.0. The molecule has 2 rings (SSSR count). The van der Waals surface area contributed by atoms with E-state index in [-0.39, 0.29) is 6.04 Å². The zero-order valence-electron chi connectivity index (χ0n) is 9.32. The molecular formula is C12H15BrN2O. The molecule has 0 spiro atoms. The molecule has 1 fully saturated rings. The summed E-state index contributed by atoms with van der Waals surface area (Å²) in [6.45, 7) is 2.96. The molecule has 16 heavy (non-hydrogen) atoms. The summed E-state index contributed by atoms with van der Waals surface area (Å²) in [7, 11) is 0. The molecule has 2 heterocycles. The number of nitrogens with zero attached hydrogens (tertiary/aromatic N) is 2. The van der Waals surface area contributed by atoms with Crippen molar-refractivity contribution in [1.29, 1.82) is 0 Å². The van der Waals surface area contributed by atoms with E-state index >= 15 is 0 Å². The van der Waals surface area contributed by atoms with Gasteiger partial charge in [-0.15, -0.1) is 0 Å². The van der Waals surface area contributed by atoms with Gasteiger partial charge in [-0.3, -0.25) is 0 Å². The maximum Gasteiger partial charge on any atom is 0.142 e. The lowest BCUT2D eigenvalue weighted by atomic mass is 10.0. The lowest BCUT2D eigenvalue weighted by molar-refractivity contribution is -0.109. The van der Waals surface area contributed by atoms with E-state index in [1.807, 2.05) is 13.0 Å². The number of aromatic nitrogens is 1. The number of carbonyl (C=O) groups is 1. The fourth-order valence-electron chi connectivity index (χ4n) is 2.20. The zero-order chi connectivity index (χ0) is 11.5. The van der Waals surface area contributed by atoms with E-state index in [0.29, 0.717) is 0 Å². The quantitative estimate of drug-likeness (QED) is 0.782. The highest BCUT2D eigenvalue weighted by molar-refractivity contribution is 9.10. The molecule has 0 aliphatic carbocycles. The summed E-state index contributed by atoms with van der Waals surface area (Å²) in [5.74, 6) is 0.944. The second kappa shape index (κ2) is 4.95. The van der Waals surface area contributed by atoms with Crippen LogP contribution in [0.3, 0.4) is 0 Å². The topological polar surface area (TPSA) is 33.2 Å². The van der Waals surface area contributed by atoms with E-state index < -0.39 is 0 Å². The van der Waals surface area contributed by atoms with E-state index in [2.05, 4.69) is 25.8 Å². The van der Waals surface area contributed by atoms with Gasteiger partial charge in [-0.2, -0.15) is 0 Å². The predicted octanol–water partition coefficient (Wildman–Crippen LogP) is 2.71. The molecule has 0 radical (unpaired) electrons. The molecule has 0 saturated carbocycles. The monoisotopic (exact) mass is 282 g/mol. The molecule has 1 atom stereocenters. The number of piperidine rings is 1. The van der Waals surface area contributed by atoms with Gasteiger partial charge in [0, 0.05) is 17.2 Å². The SMILES string of the molecule is Cc1cc(Br)cnc1N1CCCCC1C=O. The first kappa shape index (κ1) is 11.6. The molecule has 1 aliphatic heterocycles. The number of anilines is 1. The third-order valence-corrected chi connectivity index (χ3v) is 3.43. The summed E-state index contributed by atoms with van der Waals surface area (Å²) in [5, 5.41) is 0. The second-order valence-electron chi connectivity index (χ2n) is 4.19. The number of aldehydes is 1. The van der Waals surface area contributed by atoms with Gasteiger partial charge in [-0.05, 0) is 53.7 Å². The van der Waals surface area contributed by atoms with Gasteiger partial charge in [-0.25, -0.2) is 4.98 Å². The molecule has 1 aromatic rings. The summed E-state index contributed by atoms with van der Waals surface area (Å²) in [6.07, 6.45) is 6.05. The van der Waals surface area contributed by atoms with Gasteiger partial charge in [-0.1, -0.05) is 0 Å². The molecule has 0 aromatic carbocycles. The highest BCUT2D eigenvalue weighted by Crippen LogP contribution is 2.26. The minimum Gasteiger partial charge on any atom is -0.347 e. The number of hydrogen-bond acceptors (Lipinski definition) is 3. The standard InChI is InChI=1S/C12H15BrN2O/c1-9-6-10(13)7-14-12(9)15-5-3-2-4-11(15)8-16/h6-8,11H,2-5H2,1H3. The average molecular weight is 283 g/mol. The second-order valence-corrected chi connectivity index (χ2v) is 5.10. The van der Waals surface area contributed by atoms with Gasteiger partial charge < -0.3 is 9.69 Å². The smallest absolute Gasteiger partial charge is 0.142 e. The predicted molar refractivity (Wildman–Crippen MR) is 67.7 cm³/mol. The fraction of sp³-hybridized carbons (Fsp3) is 0.500. The van der Waals surface area contributed by atoms with E-state index in [1.165, 1.54) is 0 Å². The Morgan fingerprint density at radius 1 is 1.56 bits per heavy atom. The summed E-state index contributed by atoms with van der Waals surface area (Å²) >= 11 is 3.40. The van der Waals surface area contributed by atoms with Crippen LogP contribution >= 0.6 is 15.9 Å². The number of hydrogen-bond donors (Lipinski definition) is 0.